The number of imidazole rings is 1. The van der Waals surface area contributed by atoms with Crippen molar-refractivity contribution in [2.75, 3.05) is 19.5 Å². The Hall–Kier alpha value is -2.09. The normalized spacial score (nSPS) is 26.5. The van der Waals surface area contributed by atoms with Gasteiger partial charge in [0.25, 0.3) is 0 Å². The van der Waals surface area contributed by atoms with Crippen LogP contribution in [0.3, 0.4) is 0 Å². The molecule has 6 atom stereocenters. The first-order chi connectivity index (χ1) is 15.4. The van der Waals surface area contributed by atoms with Crippen molar-refractivity contribution in [2.45, 2.75) is 63.9 Å². The second-order valence-electron chi connectivity index (χ2n) is 7.93. The Bertz CT molecular complexity index is 1040. The Morgan fingerprint density at radius 2 is 2.18 bits per heavy atom. The summed E-state index contributed by atoms with van der Waals surface area (Å²) in [6.45, 7) is 6.06. The summed E-state index contributed by atoms with van der Waals surface area (Å²) < 4.78 is 38.5. The zero-order valence-corrected chi connectivity index (χ0v) is 20.5. The van der Waals surface area contributed by atoms with Crippen LogP contribution in [0.5, 0.6) is 5.88 Å². The fourth-order valence-electron chi connectivity index (χ4n) is 3.29. The Balaban J connectivity index is 1.70. The highest BCUT2D eigenvalue weighted by Gasteiger charge is 2.56. The standard InChI is InChI=1S/C18H27FN6O6PS/c1-8(2)30-15(27)9(3)24-32(33)29-6-10-12(26)18(4,19)16(31-10)25-7-21-11-13(25)22-17(20)23-14(11)28-5/h7-10,12,16,26H,6H2,1-5H3,(H,24,33)(H2,20,22,23)/q+1. The van der Waals surface area contributed by atoms with Gasteiger partial charge in [-0.1, -0.05) is 5.09 Å². The van der Waals surface area contributed by atoms with Gasteiger partial charge in [-0.2, -0.15) is 9.97 Å². The molecular formula is C18H27FN6O6PS+. The van der Waals surface area contributed by atoms with Crippen LogP contribution < -0.4 is 15.6 Å². The van der Waals surface area contributed by atoms with Gasteiger partial charge in [-0.15, -0.1) is 4.52 Å². The van der Waals surface area contributed by atoms with Crippen LogP contribution in [0, 0.1) is 0 Å². The molecule has 3 rings (SSSR count). The second kappa shape index (κ2) is 10.0. The zero-order valence-electron chi connectivity index (χ0n) is 18.8. The second-order valence-corrected chi connectivity index (χ2v) is 9.95. The molecule has 0 spiro atoms. The number of rotatable bonds is 9. The molecule has 0 aliphatic carbocycles. The first kappa shape index (κ1) is 25.5. The van der Waals surface area contributed by atoms with Crippen LogP contribution in [-0.4, -0.2) is 74.3 Å². The molecule has 2 aromatic heterocycles. The SMILES string of the molecule is COc1nc(N)nc2c1ncn2C1OC(CO[P+](=S)NC(C)C(=O)OC(C)C)C(O)C1(C)F. The molecule has 1 fully saturated rings. The number of nitrogens with zero attached hydrogens (tertiary/aromatic N) is 4. The van der Waals surface area contributed by atoms with Crippen LogP contribution in [0.25, 0.3) is 11.2 Å². The highest BCUT2D eigenvalue weighted by molar-refractivity contribution is 8.02. The molecule has 2 aromatic rings. The van der Waals surface area contributed by atoms with Gasteiger partial charge < -0.3 is 25.1 Å². The van der Waals surface area contributed by atoms with E-state index in [9.17, 15) is 9.90 Å². The minimum Gasteiger partial charge on any atom is -0.479 e. The molecule has 1 saturated heterocycles. The Labute approximate surface area is 195 Å². The molecule has 1 aliphatic rings. The topological polar surface area (TPSA) is 156 Å². The number of halogens is 1. The number of carbonyl (C=O) groups is 1. The first-order valence-electron chi connectivity index (χ1n) is 10.1. The summed E-state index contributed by atoms with van der Waals surface area (Å²) in [6.07, 6.45) is -2.82. The number of aliphatic hydroxyl groups is 1. The molecule has 3 heterocycles. The molecule has 0 radical (unpaired) electrons. The van der Waals surface area contributed by atoms with Crippen LogP contribution in [-0.2, 0) is 30.6 Å². The lowest BCUT2D eigenvalue weighted by molar-refractivity contribution is -0.148. The summed E-state index contributed by atoms with van der Waals surface area (Å²) in [7, 11) is -0.300. The molecule has 0 amide bonds. The lowest BCUT2D eigenvalue weighted by Gasteiger charge is -2.24. The third-order valence-electron chi connectivity index (χ3n) is 4.93. The maximum absolute atomic E-state index is 15.6. The number of aromatic nitrogens is 4. The number of ether oxygens (including phenoxy) is 3. The number of nitrogens with one attached hydrogen (secondary N) is 1. The highest BCUT2D eigenvalue weighted by atomic mass is 32.4. The third-order valence-corrected chi connectivity index (χ3v) is 6.54. The first-order valence-corrected chi connectivity index (χ1v) is 12.4. The van der Waals surface area contributed by atoms with E-state index in [4.69, 9.17) is 36.3 Å². The van der Waals surface area contributed by atoms with Crippen LogP contribution in [0.1, 0.15) is 33.9 Å². The molecule has 33 heavy (non-hydrogen) atoms. The molecular weight excluding hydrogens is 478 g/mol. The maximum atomic E-state index is 15.6. The minimum atomic E-state index is -2.22. The van der Waals surface area contributed by atoms with Crippen LogP contribution in [0.15, 0.2) is 6.33 Å². The van der Waals surface area contributed by atoms with Crippen molar-refractivity contribution < 1.29 is 33.0 Å². The van der Waals surface area contributed by atoms with Crippen molar-refractivity contribution in [3.63, 3.8) is 0 Å². The lowest BCUT2D eigenvalue weighted by Crippen LogP contribution is -2.40. The van der Waals surface area contributed by atoms with E-state index in [1.165, 1.54) is 24.9 Å². The van der Waals surface area contributed by atoms with E-state index in [0.717, 1.165) is 0 Å². The van der Waals surface area contributed by atoms with E-state index >= 15 is 4.39 Å². The molecule has 4 N–H and O–H groups in total. The Kier molecular flexibility index (Phi) is 7.76. The molecule has 15 heteroatoms. The van der Waals surface area contributed by atoms with Crippen molar-refractivity contribution in [1.82, 2.24) is 24.6 Å². The van der Waals surface area contributed by atoms with Crippen LogP contribution in [0.4, 0.5) is 10.3 Å². The summed E-state index contributed by atoms with van der Waals surface area (Å²) in [5, 5.41) is 13.4. The fraction of sp³-hybridized carbons (Fsp3) is 0.667. The molecule has 1 aliphatic heterocycles. The minimum absolute atomic E-state index is 0.0898. The van der Waals surface area contributed by atoms with Gasteiger partial charge in [0.15, 0.2) is 23.1 Å². The van der Waals surface area contributed by atoms with Crippen molar-refractivity contribution in [3.05, 3.63) is 6.33 Å². The van der Waals surface area contributed by atoms with Gasteiger partial charge in [-0.25, -0.2) is 9.37 Å². The molecule has 0 bridgehead atoms. The van der Waals surface area contributed by atoms with Gasteiger partial charge in [-0.3, -0.25) is 9.36 Å². The monoisotopic (exact) mass is 505 g/mol. The van der Waals surface area contributed by atoms with Crippen LogP contribution >= 0.6 is 7.07 Å². The highest BCUT2D eigenvalue weighted by Crippen LogP contribution is 2.43. The number of nitrogen functional groups attached to an aromatic ring is 1. The quantitative estimate of drug-likeness (QED) is 0.330. The zero-order chi connectivity index (χ0) is 24.5. The lowest BCUT2D eigenvalue weighted by atomic mass is 9.98. The van der Waals surface area contributed by atoms with E-state index in [1.54, 1.807) is 20.8 Å². The molecule has 182 valence electrons. The summed E-state index contributed by atoms with van der Waals surface area (Å²) >= 11 is 5.22. The number of hydrogen-bond acceptors (Lipinski definition) is 11. The number of fused-ring (bicyclic) bond motifs is 1. The van der Waals surface area contributed by atoms with E-state index in [0.29, 0.717) is 0 Å². The number of hydrogen-bond donors (Lipinski definition) is 3. The van der Waals surface area contributed by atoms with Gasteiger partial charge in [-0.05, 0) is 27.7 Å². The fourth-order valence-corrected chi connectivity index (χ4v) is 4.73. The summed E-state index contributed by atoms with van der Waals surface area (Å²) in [4.78, 5) is 24.1. The smallest absolute Gasteiger partial charge is 0.440 e. The number of esters is 1. The summed E-state index contributed by atoms with van der Waals surface area (Å²) in [5.74, 6) is -0.431. The number of nitrogens with two attached hydrogens (primary N) is 1. The average molecular weight is 505 g/mol. The van der Waals surface area contributed by atoms with E-state index in [1.807, 2.05) is 0 Å². The Morgan fingerprint density at radius 1 is 1.48 bits per heavy atom. The summed E-state index contributed by atoms with van der Waals surface area (Å²) in [5.41, 5.74) is 3.95. The van der Waals surface area contributed by atoms with Crippen molar-refractivity contribution >= 4 is 42.0 Å². The Morgan fingerprint density at radius 3 is 2.82 bits per heavy atom. The van der Waals surface area contributed by atoms with Gasteiger partial charge in [0, 0.05) is 0 Å². The number of methoxy groups -OCH3 is 1. The maximum Gasteiger partial charge on any atom is 0.440 e. The predicted octanol–water partition coefficient (Wildman–Crippen LogP) is 1.12. The van der Waals surface area contributed by atoms with Gasteiger partial charge in [0.1, 0.15) is 24.9 Å². The number of aliphatic hydroxyl groups excluding tert-OH is 1. The molecule has 0 saturated carbocycles. The van der Waals surface area contributed by atoms with E-state index in [2.05, 4.69) is 20.0 Å². The van der Waals surface area contributed by atoms with E-state index < -0.39 is 43.2 Å². The van der Waals surface area contributed by atoms with Gasteiger partial charge in [0.2, 0.25) is 23.6 Å². The number of alkyl halides is 1. The molecule has 12 nitrogen and oxygen atoms in total. The largest absolute Gasteiger partial charge is 0.479 e. The summed E-state index contributed by atoms with van der Waals surface area (Å²) in [6, 6.07) is -0.693. The number of anilines is 1. The molecule has 0 aromatic carbocycles. The van der Waals surface area contributed by atoms with Gasteiger partial charge in [0.05, 0.1) is 19.5 Å². The predicted molar refractivity (Wildman–Crippen MR) is 120 cm³/mol. The average Bonchev–Trinajstić information content (AvgIpc) is 3.24. The van der Waals surface area contributed by atoms with Crippen molar-refractivity contribution in [2.24, 2.45) is 0 Å². The third kappa shape index (κ3) is 5.36. The van der Waals surface area contributed by atoms with E-state index in [-0.39, 0.29) is 35.7 Å². The van der Waals surface area contributed by atoms with Crippen molar-refractivity contribution in [3.8, 4) is 5.88 Å². The van der Waals surface area contributed by atoms with Crippen molar-refractivity contribution in [1.29, 1.82) is 0 Å². The van der Waals surface area contributed by atoms with Gasteiger partial charge >= 0.3 is 13.0 Å². The molecule has 6 unspecified atom stereocenters. The number of carbonyl (C=O) groups excluding carboxylic acids is 1. The van der Waals surface area contributed by atoms with Crippen LogP contribution in [0.2, 0.25) is 0 Å².